The van der Waals surface area contributed by atoms with E-state index in [1.54, 1.807) is 6.92 Å². The number of hydrogen-bond acceptors (Lipinski definition) is 5. The number of ether oxygens (including phenoxy) is 2. The lowest BCUT2D eigenvalue weighted by Gasteiger charge is -1.99. The molecule has 0 radical (unpaired) electrons. The third-order valence-electron chi connectivity index (χ3n) is 1.78. The first-order chi connectivity index (χ1) is 7.06. The molecule has 0 bridgehead atoms. The smallest absolute Gasteiger partial charge is 0.338 e. The first kappa shape index (κ1) is 11.6. The van der Waals surface area contributed by atoms with Gasteiger partial charge >= 0.3 is 5.97 Å². The van der Waals surface area contributed by atoms with Crippen molar-refractivity contribution in [2.24, 2.45) is 0 Å². The monoisotopic (exact) mass is 215 g/mol. The van der Waals surface area contributed by atoms with Crippen LogP contribution in [0.25, 0.3) is 0 Å². The Balaban J connectivity index is 2.27. The Bertz CT molecular complexity index is 288. The number of hydrogen-bond donors (Lipinski definition) is 1. The Kier molecular flexibility index (Phi) is 3.79. The molecule has 6 heteroatoms. The maximum absolute atomic E-state index is 11.2. The van der Waals surface area contributed by atoms with Gasteiger partial charge in [0, 0.05) is 0 Å². The molecular weight excluding hydrogens is 202 g/mol. The minimum atomic E-state index is -0.808. The Labute approximate surface area is 86.9 Å². The normalized spacial score (nSPS) is 23.1. The zero-order valence-electron chi connectivity index (χ0n) is 8.61. The highest BCUT2D eigenvalue weighted by molar-refractivity contribution is 5.94. The van der Waals surface area contributed by atoms with Crippen molar-refractivity contribution in [1.29, 1.82) is 0 Å². The summed E-state index contributed by atoms with van der Waals surface area (Å²) in [5.74, 6) is -1.15. The minimum Gasteiger partial charge on any atom is -0.464 e. The molecular formula is C9H13NO5. The lowest BCUT2D eigenvalue weighted by molar-refractivity contribution is -0.144. The molecule has 1 unspecified atom stereocenters. The van der Waals surface area contributed by atoms with Crippen LogP contribution in [-0.2, 0) is 23.9 Å². The lowest BCUT2D eigenvalue weighted by atomic mass is 10.3. The quantitative estimate of drug-likeness (QED) is 0.470. The second kappa shape index (κ2) is 4.88. The van der Waals surface area contributed by atoms with E-state index in [1.807, 2.05) is 0 Å². The highest BCUT2D eigenvalue weighted by Gasteiger charge is 2.51. The van der Waals surface area contributed by atoms with Gasteiger partial charge in [0.1, 0.15) is 5.78 Å². The summed E-state index contributed by atoms with van der Waals surface area (Å²) in [6.07, 6.45) is -1.61. The number of nitrogens with one attached hydrogen (secondary N) is 1. The maximum Gasteiger partial charge on any atom is 0.338 e. The van der Waals surface area contributed by atoms with Crippen molar-refractivity contribution in [3.63, 3.8) is 0 Å². The van der Waals surface area contributed by atoms with Crippen LogP contribution in [0.3, 0.4) is 0 Å². The number of epoxide rings is 1. The Morgan fingerprint density at radius 1 is 1.33 bits per heavy atom. The molecule has 0 spiro atoms. The van der Waals surface area contributed by atoms with Crippen LogP contribution in [0.5, 0.6) is 0 Å². The predicted octanol–water partition coefficient (Wildman–Crippen LogP) is -0.978. The van der Waals surface area contributed by atoms with E-state index in [9.17, 15) is 14.4 Å². The van der Waals surface area contributed by atoms with Crippen molar-refractivity contribution < 1.29 is 23.9 Å². The molecule has 1 rings (SSSR count). The van der Waals surface area contributed by atoms with Crippen molar-refractivity contribution >= 4 is 17.7 Å². The van der Waals surface area contributed by atoms with Crippen LogP contribution in [0.15, 0.2) is 0 Å². The molecule has 1 aliphatic heterocycles. The molecule has 1 saturated heterocycles. The summed E-state index contributed by atoms with van der Waals surface area (Å²) in [5, 5.41) is 2.35. The van der Waals surface area contributed by atoms with Crippen LogP contribution in [0.2, 0.25) is 0 Å². The molecule has 1 N–H and O–H groups in total. The molecule has 1 amide bonds. The van der Waals surface area contributed by atoms with Gasteiger partial charge in [0.2, 0.25) is 0 Å². The van der Waals surface area contributed by atoms with E-state index in [0.717, 1.165) is 0 Å². The van der Waals surface area contributed by atoms with E-state index in [4.69, 9.17) is 4.74 Å². The summed E-state index contributed by atoms with van der Waals surface area (Å²) >= 11 is 0. The number of ketones is 1. The van der Waals surface area contributed by atoms with Gasteiger partial charge in [0.05, 0.1) is 13.2 Å². The molecule has 0 aliphatic carbocycles. The topological polar surface area (TPSA) is 85.0 Å². The van der Waals surface area contributed by atoms with Crippen molar-refractivity contribution in [2.45, 2.75) is 26.1 Å². The molecule has 0 aromatic heterocycles. The van der Waals surface area contributed by atoms with Crippen LogP contribution in [-0.4, -0.2) is 43.0 Å². The number of carbonyl (C=O) groups is 3. The summed E-state index contributed by atoms with van der Waals surface area (Å²) in [5.41, 5.74) is 0. The Hall–Kier alpha value is -1.43. The van der Waals surface area contributed by atoms with Crippen molar-refractivity contribution in [2.75, 3.05) is 13.2 Å². The Morgan fingerprint density at radius 2 is 2.00 bits per heavy atom. The van der Waals surface area contributed by atoms with E-state index in [0.29, 0.717) is 0 Å². The first-order valence-corrected chi connectivity index (χ1v) is 4.65. The lowest BCUT2D eigenvalue weighted by Crippen LogP contribution is -2.33. The van der Waals surface area contributed by atoms with E-state index >= 15 is 0 Å². The number of carbonyl (C=O) groups excluding carboxylic acids is 3. The summed E-state index contributed by atoms with van der Waals surface area (Å²) in [6.45, 7) is 3.23. The molecule has 0 aromatic carbocycles. The molecule has 1 aliphatic rings. The van der Waals surface area contributed by atoms with Crippen molar-refractivity contribution in [1.82, 2.24) is 5.32 Å². The van der Waals surface area contributed by atoms with E-state index < -0.39 is 24.1 Å². The zero-order valence-corrected chi connectivity index (χ0v) is 8.61. The molecule has 2 atom stereocenters. The Morgan fingerprint density at radius 3 is 2.53 bits per heavy atom. The summed E-state index contributed by atoms with van der Waals surface area (Å²) in [4.78, 5) is 32.9. The van der Waals surface area contributed by atoms with Gasteiger partial charge in [0.25, 0.3) is 5.91 Å². The fourth-order valence-corrected chi connectivity index (χ4v) is 1.03. The molecule has 6 nitrogen and oxygen atoms in total. The number of esters is 1. The highest BCUT2D eigenvalue weighted by Crippen LogP contribution is 2.23. The second-order valence-corrected chi connectivity index (χ2v) is 3.15. The van der Waals surface area contributed by atoms with Crippen LogP contribution in [0.1, 0.15) is 13.8 Å². The van der Waals surface area contributed by atoms with Crippen molar-refractivity contribution in [3.05, 3.63) is 0 Å². The van der Waals surface area contributed by atoms with Crippen LogP contribution in [0, 0.1) is 0 Å². The van der Waals surface area contributed by atoms with Gasteiger partial charge in [-0.1, -0.05) is 0 Å². The third-order valence-corrected chi connectivity index (χ3v) is 1.78. The third kappa shape index (κ3) is 3.32. The fourth-order valence-electron chi connectivity index (χ4n) is 1.03. The zero-order chi connectivity index (χ0) is 11.4. The van der Waals surface area contributed by atoms with Crippen molar-refractivity contribution in [3.8, 4) is 0 Å². The molecule has 15 heavy (non-hydrogen) atoms. The molecule has 0 saturated carbocycles. The van der Waals surface area contributed by atoms with E-state index in [2.05, 4.69) is 10.1 Å². The largest absolute Gasteiger partial charge is 0.464 e. The van der Waals surface area contributed by atoms with Crippen LogP contribution >= 0.6 is 0 Å². The van der Waals surface area contributed by atoms with Gasteiger partial charge < -0.3 is 14.8 Å². The van der Waals surface area contributed by atoms with E-state index in [-0.39, 0.29) is 18.9 Å². The predicted molar refractivity (Wildman–Crippen MR) is 49.0 cm³/mol. The number of amides is 1. The second-order valence-electron chi connectivity index (χ2n) is 3.15. The van der Waals surface area contributed by atoms with Gasteiger partial charge in [-0.2, -0.15) is 0 Å². The highest BCUT2D eigenvalue weighted by atomic mass is 16.6. The molecule has 1 heterocycles. The summed E-state index contributed by atoms with van der Waals surface area (Å²) < 4.78 is 9.49. The first-order valence-electron chi connectivity index (χ1n) is 4.65. The summed E-state index contributed by atoms with van der Waals surface area (Å²) in [6, 6.07) is 0. The van der Waals surface area contributed by atoms with Gasteiger partial charge in [-0.05, 0) is 13.8 Å². The van der Waals surface area contributed by atoms with Gasteiger partial charge in [-0.3, -0.25) is 9.59 Å². The van der Waals surface area contributed by atoms with Crippen LogP contribution < -0.4 is 5.32 Å². The van der Waals surface area contributed by atoms with Gasteiger partial charge in [-0.15, -0.1) is 0 Å². The molecule has 1 fully saturated rings. The molecule has 0 aromatic rings. The SMILES string of the molecule is CCOC(=O)C1O[C@H]1C(=O)NCC(C)=O. The van der Waals surface area contributed by atoms with Gasteiger partial charge in [-0.25, -0.2) is 4.79 Å². The standard InChI is InChI=1S/C9H13NO5/c1-3-14-9(13)7-6(15-7)8(12)10-4-5(2)11/h6-7H,3-4H2,1-2H3,(H,10,12)/t6-,7?/m1/s1. The fraction of sp³-hybridized carbons (Fsp3) is 0.667. The average Bonchev–Trinajstić information content (AvgIpc) is 2.94. The average molecular weight is 215 g/mol. The maximum atomic E-state index is 11.2. The molecule has 84 valence electrons. The summed E-state index contributed by atoms with van der Waals surface area (Å²) in [7, 11) is 0. The number of rotatable bonds is 5. The van der Waals surface area contributed by atoms with E-state index in [1.165, 1.54) is 6.92 Å². The number of Topliss-reactive ketones (excluding diaryl/α,β-unsaturated/α-hetero) is 1. The van der Waals surface area contributed by atoms with Gasteiger partial charge in [0.15, 0.2) is 12.2 Å². The minimum absolute atomic E-state index is 0.0474. The van der Waals surface area contributed by atoms with Crippen LogP contribution in [0.4, 0.5) is 0 Å².